The lowest BCUT2D eigenvalue weighted by atomic mass is 9.88. The highest BCUT2D eigenvalue weighted by Gasteiger charge is 2.30. The predicted octanol–water partition coefficient (Wildman–Crippen LogP) is 3.97. The number of halogens is 3. The van der Waals surface area contributed by atoms with Gasteiger partial charge in [0.1, 0.15) is 11.5 Å². The average Bonchev–Trinajstić information content (AvgIpc) is 2.59. The van der Waals surface area contributed by atoms with E-state index in [4.69, 9.17) is 4.74 Å². The fourth-order valence-corrected chi connectivity index (χ4v) is 2.75. The Hall–Kier alpha value is -2.54. The first-order valence-electron chi connectivity index (χ1n) is 8.75. The molecule has 144 valence electrons. The molecule has 1 unspecified atom stereocenters. The summed E-state index contributed by atoms with van der Waals surface area (Å²) in [6.07, 6.45) is -4.36. The van der Waals surface area contributed by atoms with Crippen molar-refractivity contribution in [1.29, 1.82) is 0 Å². The Kier molecular flexibility index (Phi) is 5.70. The van der Waals surface area contributed by atoms with E-state index in [1.165, 1.54) is 12.1 Å². The van der Waals surface area contributed by atoms with E-state index < -0.39 is 11.7 Å². The number of alkyl halides is 3. The standard InChI is InChI=1S/C20H21F3N2O2/c1-13(15-11-24-12-15)19(26)25-10-14-2-6-17(7-3-14)27-18-8-4-16(5-9-18)20(21,22)23/h2-9,13,15,24H,10-12H2,1H3,(H,25,26). The number of carbonyl (C=O) groups is 1. The van der Waals surface area contributed by atoms with Gasteiger partial charge in [0.15, 0.2) is 0 Å². The van der Waals surface area contributed by atoms with Crippen molar-refractivity contribution in [2.45, 2.75) is 19.6 Å². The molecule has 0 radical (unpaired) electrons. The third-order valence-corrected chi connectivity index (χ3v) is 4.74. The number of nitrogens with one attached hydrogen (secondary N) is 2. The SMILES string of the molecule is CC(C(=O)NCc1ccc(Oc2ccc(C(F)(F)F)cc2)cc1)C1CNC1. The number of amides is 1. The van der Waals surface area contributed by atoms with Crippen LogP contribution in [0.25, 0.3) is 0 Å². The molecule has 1 amide bonds. The van der Waals surface area contributed by atoms with Gasteiger partial charge in [0.2, 0.25) is 5.91 Å². The lowest BCUT2D eigenvalue weighted by Crippen LogP contribution is -2.49. The van der Waals surface area contributed by atoms with Gasteiger partial charge in [-0.1, -0.05) is 19.1 Å². The van der Waals surface area contributed by atoms with Gasteiger partial charge >= 0.3 is 6.18 Å². The average molecular weight is 378 g/mol. The van der Waals surface area contributed by atoms with Crippen LogP contribution in [0.3, 0.4) is 0 Å². The molecular formula is C20H21F3N2O2. The van der Waals surface area contributed by atoms with Crippen LogP contribution < -0.4 is 15.4 Å². The van der Waals surface area contributed by atoms with Crippen LogP contribution in [-0.4, -0.2) is 19.0 Å². The largest absolute Gasteiger partial charge is 0.457 e. The molecule has 2 N–H and O–H groups in total. The zero-order chi connectivity index (χ0) is 19.4. The molecule has 0 aliphatic carbocycles. The molecule has 0 aromatic heterocycles. The molecule has 1 atom stereocenters. The van der Waals surface area contributed by atoms with Crippen molar-refractivity contribution in [2.24, 2.45) is 11.8 Å². The summed E-state index contributed by atoms with van der Waals surface area (Å²) in [4.78, 5) is 12.1. The highest BCUT2D eigenvalue weighted by atomic mass is 19.4. The van der Waals surface area contributed by atoms with E-state index >= 15 is 0 Å². The van der Waals surface area contributed by atoms with Gasteiger partial charge in [-0.05, 0) is 61.0 Å². The molecule has 7 heteroatoms. The summed E-state index contributed by atoms with van der Waals surface area (Å²) in [5.74, 6) is 1.25. The molecule has 4 nitrogen and oxygen atoms in total. The summed E-state index contributed by atoms with van der Waals surface area (Å²) in [6, 6.07) is 11.6. The first kappa shape index (κ1) is 19.2. The zero-order valence-electron chi connectivity index (χ0n) is 14.8. The van der Waals surface area contributed by atoms with Crippen molar-refractivity contribution in [3.05, 3.63) is 59.7 Å². The Bertz CT molecular complexity index is 769. The molecule has 0 saturated carbocycles. The summed E-state index contributed by atoms with van der Waals surface area (Å²) in [5.41, 5.74) is 0.204. The maximum Gasteiger partial charge on any atom is 0.416 e. The number of hydrogen-bond acceptors (Lipinski definition) is 3. The smallest absolute Gasteiger partial charge is 0.416 e. The van der Waals surface area contributed by atoms with E-state index in [9.17, 15) is 18.0 Å². The summed E-state index contributed by atoms with van der Waals surface area (Å²) < 4.78 is 43.2. The van der Waals surface area contributed by atoms with Crippen LogP contribution in [0.4, 0.5) is 13.2 Å². The topological polar surface area (TPSA) is 50.4 Å². The lowest BCUT2D eigenvalue weighted by molar-refractivity contribution is -0.137. The van der Waals surface area contributed by atoms with Crippen LogP contribution in [-0.2, 0) is 17.5 Å². The summed E-state index contributed by atoms with van der Waals surface area (Å²) in [6.45, 7) is 4.11. The van der Waals surface area contributed by atoms with Crippen LogP contribution in [0.5, 0.6) is 11.5 Å². The van der Waals surface area contributed by atoms with Crippen LogP contribution in [0.1, 0.15) is 18.1 Å². The number of ether oxygens (including phenoxy) is 1. The second-order valence-electron chi connectivity index (χ2n) is 6.69. The van der Waals surface area contributed by atoms with E-state index in [2.05, 4.69) is 10.6 Å². The van der Waals surface area contributed by atoms with Crippen molar-refractivity contribution < 1.29 is 22.7 Å². The molecule has 3 rings (SSSR count). The van der Waals surface area contributed by atoms with E-state index in [-0.39, 0.29) is 11.8 Å². The Morgan fingerprint density at radius 3 is 2.15 bits per heavy atom. The number of rotatable bonds is 6. The second-order valence-corrected chi connectivity index (χ2v) is 6.69. The van der Waals surface area contributed by atoms with Crippen molar-refractivity contribution in [1.82, 2.24) is 10.6 Å². The monoisotopic (exact) mass is 378 g/mol. The molecular weight excluding hydrogens is 357 g/mol. The predicted molar refractivity (Wildman–Crippen MR) is 95.3 cm³/mol. The van der Waals surface area contributed by atoms with Crippen LogP contribution in [0.2, 0.25) is 0 Å². The van der Waals surface area contributed by atoms with Crippen molar-refractivity contribution >= 4 is 5.91 Å². The van der Waals surface area contributed by atoms with Gasteiger partial charge in [0.25, 0.3) is 0 Å². The van der Waals surface area contributed by atoms with E-state index in [0.29, 0.717) is 24.0 Å². The van der Waals surface area contributed by atoms with Crippen LogP contribution >= 0.6 is 0 Å². The van der Waals surface area contributed by atoms with E-state index in [1.54, 1.807) is 12.1 Å². The van der Waals surface area contributed by atoms with Gasteiger partial charge < -0.3 is 15.4 Å². The molecule has 1 heterocycles. The third-order valence-electron chi connectivity index (χ3n) is 4.74. The molecule has 0 spiro atoms. The molecule has 1 aliphatic rings. The fourth-order valence-electron chi connectivity index (χ4n) is 2.75. The van der Waals surface area contributed by atoms with Crippen LogP contribution in [0.15, 0.2) is 48.5 Å². The first-order valence-corrected chi connectivity index (χ1v) is 8.75. The van der Waals surface area contributed by atoms with Crippen LogP contribution in [0, 0.1) is 11.8 Å². The van der Waals surface area contributed by atoms with Gasteiger partial charge in [-0.3, -0.25) is 4.79 Å². The normalized spacial score (nSPS) is 15.7. The maximum atomic E-state index is 12.6. The lowest BCUT2D eigenvalue weighted by Gasteiger charge is -2.31. The molecule has 2 aromatic rings. The molecule has 1 aliphatic heterocycles. The summed E-state index contributed by atoms with van der Waals surface area (Å²) in [5, 5.41) is 6.08. The number of hydrogen-bond donors (Lipinski definition) is 2. The maximum absolute atomic E-state index is 12.6. The van der Waals surface area contributed by atoms with Crippen molar-refractivity contribution in [2.75, 3.05) is 13.1 Å². The molecule has 1 saturated heterocycles. The molecule has 2 aromatic carbocycles. The summed E-state index contributed by atoms with van der Waals surface area (Å²) in [7, 11) is 0. The van der Waals surface area contributed by atoms with Gasteiger partial charge in [-0.25, -0.2) is 0 Å². The zero-order valence-corrected chi connectivity index (χ0v) is 14.8. The molecule has 0 bridgehead atoms. The minimum Gasteiger partial charge on any atom is -0.457 e. The van der Waals surface area contributed by atoms with Gasteiger partial charge in [-0.2, -0.15) is 13.2 Å². The Labute approximate surface area is 155 Å². The highest BCUT2D eigenvalue weighted by Crippen LogP contribution is 2.31. The molecule has 27 heavy (non-hydrogen) atoms. The molecule has 1 fully saturated rings. The van der Waals surface area contributed by atoms with Gasteiger partial charge in [0.05, 0.1) is 5.56 Å². The second kappa shape index (κ2) is 8.00. The Morgan fingerprint density at radius 1 is 1.11 bits per heavy atom. The first-order chi connectivity index (χ1) is 12.8. The fraction of sp³-hybridized carbons (Fsp3) is 0.350. The number of benzene rings is 2. The number of carbonyl (C=O) groups excluding carboxylic acids is 1. The van der Waals surface area contributed by atoms with E-state index in [0.717, 1.165) is 30.8 Å². The van der Waals surface area contributed by atoms with Gasteiger partial charge in [-0.15, -0.1) is 0 Å². The Morgan fingerprint density at radius 2 is 1.67 bits per heavy atom. The quantitative estimate of drug-likeness (QED) is 0.800. The summed E-state index contributed by atoms with van der Waals surface area (Å²) >= 11 is 0. The minimum atomic E-state index is -4.36. The third kappa shape index (κ3) is 5.01. The highest BCUT2D eigenvalue weighted by molar-refractivity contribution is 5.78. The van der Waals surface area contributed by atoms with E-state index in [1.807, 2.05) is 19.1 Å². The van der Waals surface area contributed by atoms with Gasteiger partial charge in [0, 0.05) is 12.5 Å². The van der Waals surface area contributed by atoms with Crippen molar-refractivity contribution in [3.8, 4) is 11.5 Å². The van der Waals surface area contributed by atoms with Crippen molar-refractivity contribution in [3.63, 3.8) is 0 Å². The Balaban J connectivity index is 1.51. The minimum absolute atomic E-state index is 0.0199.